The molecule has 1 N–H and O–H groups in total. The molecule has 1 aromatic rings. The summed E-state index contributed by atoms with van der Waals surface area (Å²) in [6.45, 7) is 12.2. The molecular weight excluding hydrogens is 222 g/mol. The van der Waals surface area contributed by atoms with E-state index in [1.165, 1.54) is 0 Å². The predicted molar refractivity (Wildman–Crippen MR) is 68.9 cm³/mol. The zero-order valence-electron chi connectivity index (χ0n) is 10.9. The Balaban J connectivity index is 2.89. The maximum absolute atomic E-state index is 6.31. The Morgan fingerprint density at radius 1 is 1.31 bits per heavy atom. The highest BCUT2D eigenvalue weighted by molar-refractivity contribution is 6.31. The average Bonchev–Trinajstić information content (AvgIpc) is 2.50. The van der Waals surface area contributed by atoms with Gasteiger partial charge in [0.05, 0.1) is 16.4 Å². The summed E-state index contributed by atoms with van der Waals surface area (Å²) in [5.41, 5.74) is 2.18. The van der Waals surface area contributed by atoms with Crippen molar-refractivity contribution >= 4 is 11.6 Å². The number of hydrogen-bond acceptors (Lipinski definition) is 2. The maximum Gasteiger partial charge on any atom is 0.0863 e. The molecule has 16 heavy (non-hydrogen) atoms. The van der Waals surface area contributed by atoms with Crippen LogP contribution in [0.3, 0.4) is 0 Å². The van der Waals surface area contributed by atoms with Crippen LogP contribution in [0.5, 0.6) is 0 Å². The van der Waals surface area contributed by atoms with Gasteiger partial charge in [-0.15, -0.1) is 0 Å². The molecule has 0 aliphatic rings. The molecule has 3 nitrogen and oxygen atoms in total. The molecule has 4 heteroatoms. The molecule has 0 fully saturated rings. The van der Waals surface area contributed by atoms with Crippen molar-refractivity contribution in [2.45, 2.75) is 59.7 Å². The molecule has 1 aromatic heterocycles. The molecule has 0 saturated carbocycles. The fourth-order valence-corrected chi connectivity index (χ4v) is 1.87. The molecule has 0 saturated heterocycles. The molecule has 92 valence electrons. The van der Waals surface area contributed by atoms with Crippen LogP contribution in [0, 0.1) is 0 Å². The Bertz CT molecular complexity index is 350. The molecule has 0 aromatic carbocycles. The van der Waals surface area contributed by atoms with Crippen LogP contribution in [0.1, 0.15) is 46.0 Å². The van der Waals surface area contributed by atoms with Crippen molar-refractivity contribution < 1.29 is 0 Å². The van der Waals surface area contributed by atoms with Crippen LogP contribution >= 0.6 is 11.6 Å². The van der Waals surface area contributed by atoms with Crippen LogP contribution in [0.15, 0.2) is 0 Å². The van der Waals surface area contributed by atoms with Crippen LogP contribution in [-0.4, -0.2) is 15.3 Å². The molecule has 1 heterocycles. The Morgan fingerprint density at radius 3 is 2.38 bits per heavy atom. The van der Waals surface area contributed by atoms with Gasteiger partial charge in [0.25, 0.3) is 0 Å². The maximum atomic E-state index is 6.31. The van der Waals surface area contributed by atoms with E-state index in [0.29, 0.717) is 0 Å². The van der Waals surface area contributed by atoms with Crippen molar-refractivity contribution in [2.75, 3.05) is 0 Å². The van der Waals surface area contributed by atoms with Crippen molar-refractivity contribution in [1.29, 1.82) is 0 Å². The van der Waals surface area contributed by atoms with E-state index in [0.717, 1.165) is 35.9 Å². The number of nitrogens with one attached hydrogen (secondary N) is 1. The molecule has 0 radical (unpaired) electrons. The summed E-state index contributed by atoms with van der Waals surface area (Å²) < 4.78 is 1.99. The highest BCUT2D eigenvalue weighted by Crippen LogP contribution is 2.22. The molecule has 0 unspecified atom stereocenters. The van der Waals surface area contributed by atoms with Crippen molar-refractivity contribution in [2.24, 2.45) is 0 Å². The first kappa shape index (κ1) is 13.5. The molecule has 0 aliphatic heterocycles. The average molecular weight is 244 g/mol. The van der Waals surface area contributed by atoms with E-state index in [2.05, 4.69) is 45.0 Å². The Labute approximate surface area is 103 Å². The summed E-state index contributed by atoms with van der Waals surface area (Å²) in [5.74, 6) is 0. The van der Waals surface area contributed by atoms with Gasteiger partial charge in [-0.1, -0.05) is 18.5 Å². The summed E-state index contributed by atoms with van der Waals surface area (Å²) in [5, 5.41) is 8.76. The fourth-order valence-electron chi connectivity index (χ4n) is 1.54. The lowest BCUT2D eigenvalue weighted by atomic mass is 10.1. The molecule has 1 rings (SSSR count). The molecule has 0 atom stereocenters. The van der Waals surface area contributed by atoms with Crippen LogP contribution in [0.25, 0.3) is 0 Å². The summed E-state index contributed by atoms with van der Waals surface area (Å²) >= 11 is 6.31. The smallest absolute Gasteiger partial charge is 0.0863 e. The predicted octanol–water partition coefficient (Wildman–Crippen LogP) is 3.01. The SMILES string of the molecule is CCc1nn(CC)c(CNC(C)(C)C)c1Cl. The number of aryl methyl sites for hydroxylation is 2. The second-order valence-corrected chi connectivity index (χ2v) is 5.36. The minimum Gasteiger partial charge on any atom is -0.306 e. The van der Waals surface area contributed by atoms with Gasteiger partial charge in [-0.25, -0.2) is 0 Å². The highest BCUT2D eigenvalue weighted by Gasteiger charge is 2.16. The summed E-state index contributed by atoms with van der Waals surface area (Å²) in [6.07, 6.45) is 0.883. The van der Waals surface area contributed by atoms with Gasteiger partial charge >= 0.3 is 0 Å². The first-order valence-electron chi connectivity index (χ1n) is 5.88. The van der Waals surface area contributed by atoms with Gasteiger partial charge in [-0.05, 0) is 34.1 Å². The van der Waals surface area contributed by atoms with Gasteiger partial charge in [-0.2, -0.15) is 5.10 Å². The zero-order valence-corrected chi connectivity index (χ0v) is 11.6. The summed E-state index contributed by atoms with van der Waals surface area (Å²) in [4.78, 5) is 0. The topological polar surface area (TPSA) is 29.9 Å². The van der Waals surface area contributed by atoms with E-state index in [-0.39, 0.29) is 5.54 Å². The van der Waals surface area contributed by atoms with Gasteiger partial charge < -0.3 is 5.32 Å². The number of rotatable bonds is 4. The van der Waals surface area contributed by atoms with Gasteiger partial charge in [0.15, 0.2) is 0 Å². The molecule has 0 aliphatic carbocycles. The third-order valence-corrected chi connectivity index (χ3v) is 2.92. The lowest BCUT2D eigenvalue weighted by molar-refractivity contribution is 0.413. The third-order valence-electron chi connectivity index (χ3n) is 2.48. The Hall–Kier alpha value is -0.540. The number of aromatic nitrogens is 2. The molecule has 0 spiro atoms. The fraction of sp³-hybridized carbons (Fsp3) is 0.750. The van der Waals surface area contributed by atoms with E-state index in [4.69, 9.17) is 11.6 Å². The third kappa shape index (κ3) is 3.22. The summed E-state index contributed by atoms with van der Waals surface area (Å²) in [7, 11) is 0. The minimum atomic E-state index is 0.0958. The van der Waals surface area contributed by atoms with E-state index >= 15 is 0 Å². The largest absolute Gasteiger partial charge is 0.306 e. The lowest BCUT2D eigenvalue weighted by Crippen LogP contribution is -2.35. The second kappa shape index (κ2) is 5.19. The van der Waals surface area contributed by atoms with Crippen molar-refractivity contribution in [1.82, 2.24) is 15.1 Å². The van der Waals surface area contributed by atoms with E-state index < -0.39 is 0 Å². The number of hydrogen-bond donors (Lipinski definition) is 1. The molecule has 0 bridgehead atoms. The zero-order chi connectivity index (χ0) is 12.3. The molecule has 0 amide bonds. The van der Waals surface area contributed by atoms with Crippen LogP contribution in [0.2, 0.25) is 5.02 Å². The summed E-state index contributed by atoms with van der Waals surface area (Å²) in [6, 6.07) is 0. The number of halogens is 1. The van der Waals surface area contributed by atoms with Crippen molar-refractivity contribution in [3.63, 3.8) is 0 Å². The van der Waals surface area contributed by atoms with Crippen LogP contribution in [-0.2, 0) is 19.5 Å². The first-order valence-corrected chi connectivity index (χ1v) is 6.26. The van der Waals surface area contributed by atoms with E-state index in [1.807, 2.05) is 4.68 Å². The van der Waals surface area contributed by atoms with Crippen molar-refractivity contribution in [3.05, 3.63) is 16.4 Å². The standard InChI is InChI=1S/C12H22ClN3/c1-6-9-11(13)10(16(7-2)15-9)8-14-12(3,4)5/h14H,6-8H2,1-5H3. The Morgan fingerprint density at radius 2 is 1.94 bits per heavy atom. The minimum absolute atomic E-state index is 0.0958. The first-order chi connectivity index (χ1) is 7.39. The van der Waals surface area contributed by atoms with Crippen molar-refractivity contribution in [3.8, 4) is 0 Å². The van der Waals surface area contributed by atoms with E-state index in [1.54, 1.807) is 0 Å². The van der Waals surface area contributed by atoms with Crippen LogP contribution < -0.4 is 5.32 Å². The molecular formula is C12H22ClN3. The second-order valence-electron chi connectivity index (χ2n) is 4.98. The van der Waals surface area contributed by atoms with Gasteiger partial charge in [0, 0.05) is 18.6 Å². The Kier molecular flexibility index (Phi) is 4.39. The van der Waals surface area contributed by atoms with Gasteiger partial charge in [0.1, 0.15) is 0 Å². The van der Waals surface area contributed by atoms with Crippen LogP contribution in [0.4, 0.5) is 0 Å². The quantitative estimate of drug-likeness (QED) is 0.881. The van der Waals surface area contributed by atoms with Gasteiger partial charge in [0.2, 0.25) is 0 Å². The number of nitrogens with zero attached hydrogens (tertiary/aromatic N) is 2. The monoisotopic (exact) mass is 243 g/mol. The highest BCUT2D eigenvalue weighted by atomic mass is 35.5. The van der Waals surface area contributed by atoms with Gasteiger partial charge in [-0.3, -0.25) is 4.68 Å². The van der Waals surface area contributed by atoms with E-state index in [9.17, 15) is 0 Å². The normalized spacial score (nSPS) is 12.1. The lowest BCUT2D eigenvalue weighted by Gasteiger charge is -2.20.